The van der Waals surface area contributed by atoms with Gasteiger partial charge in [0.05, 0.1) is 10.7 Å². The minimum Gasteiger partial charge on any atom is -0.380 e. The molecular formula is C14H18BrClFN. The van der Waals surface area contributed by atoms with E-state index in [4.69, 9.17) is 11.6 Å². The Morgan fingerprint density at radius 3 is 2.61 bits per heavy atom. The van der Waals surface area contributed by atoms with Crippen molar-refractivity contribution >= 4 is 33.2 Å². The first kappa shape index (κ1) is 14.1. The average molecular weight is 335 g/mol. The van der Waals surface area contributed by atoms with Crippen LogP contribution in [-0.2, 0) is 0 Å². The Bertz CT molecular complexity index is 395. The molecule has 0 aliphatic heterocycles. The fourth-order valence-corrected chi connectivity index (χ4v) is 3.58. The number of hydrogen-bond acceptors (Lipinski definition) is 1. The Morgan fingerprint density at radius 2 is 2.00 bits per heavy atom. The molecule has 1 fully saturated rings. The summed E-state index contributed by atoms with van der Waals surface area (Å²) in [6.07, 6.45) is 6.52. The van der Waals surface area contributed by atoms with Crippen molar-refractivity contribution in [3.63, 3.8) is 0 Å². The van der Waals surface area contributed by atoms with Crippen LogP contribution < -0.4 is 5.32 Å². The Labute approximate surface area is 121 Å². The van der Waals surface area contributed by atoms with Crippen LogP contribution >= 0.6 is 27.5 Å². The maximum absolute atomic E-state index is 13.2. The van der Waals surface area contributed by atoms with Gasteiger partial charge in [-0.3, -0.25) is 0 Å². The lowest BCUT2D eigenvalue weighted by molar-refractivity contribution is 0.328. The molecule has 1 unspecified atom stereocenters. The fourth-order valence-electron chi connectivity index (χ4n) is 2.66. The van der Waals surface area contributed by atoms with E-state index < -0.39 is 0 Å². The zero-order valence-corrected chi connectivity index (χ0v) is 12.8. The third kappa shape index (κ3) is 3.39. The molecule has 1 aromatic carbocycles. The van der Waals surface area contributed by atoms with E-state index in [1.54, 1.807) is 0 Å². The molecule has 0 bridgehead atoms. The normalized spacial score (nSPS) is 18.7. The van der Waals surface area contributed by atoms with Gasteiger partial charge in [0.1, 0.15) is 5.82 Å². The van der Waals surface area contributed by atoms with Gasteiger partial charge in [-0.15, -0.1) is 0 Å². The van der Waals surface area contributed by atoms with Gasteiger partial charge < -0.3 is 5.32 Å². The second-order valence-corrected chi connectivity index (χ2v) is 6.34. The highest BCUT2D eigenvalue weighted by molar-refractivity contribution is 9.10. The van der Waals surface area contributed by atoms with Crippen molar-refractivity contribution in [2.24, 2.45) is 5.92 Å². The van der Waals surface area contributed by atoms with Gasteiger partial charge in [-0.25, -0.2) is 4.39 Å². The minimum absolute atomic E-state index is 0.317. The highest BCUT2D eigenvalue weighted by Gasteiger charge is 2.21. The van der Waals surface area contributed by atoms with Crippen LogP contribution in [0.1, 0.15) is 39.0 Å². The van der Waals surface area contributed by atoms with Crippen molar-refractivity contribution in [1.29, 1.82) is 0 Å². The van der Waals surface area contributed by atoms with Crippen molar-refractivity contribution in [3.8, 4) is 0 Å². The quantitative estimate of drug-likeness (QED) is 0.756. The van der Waals surface area contributed by atoms with Gasteiger partial charge in [-0.05, 0) is 53.7 Å². The van der Waals surface area contributed by atoms with Gasteiger partial charge in [0.25, 0.3) is 0 Å². The Kier molecular flexibility index (Phi) is 4.91. The largest absolute Gasteiger partial charge is 0.380 e. The molecule has 2 rings (SSSR count). The molecule has 0 radical (unpaired) electrons. The number of halogens is 3. The van der Waals surface area contributed by atoms with E-state index in [1.165, 1.54) is 44.2 Å². The van der Waals surface area contributed by atoms with E-state index >= 15 is 0 Å². The van der Waals surface area contributed by atoms with Crippen molar-refractivity contribution in [1.82, 2.24) is 0 Å². The molecule has 1 atom stereocenters. The van der Waals surface area contributed by atoms with Crippen molar-refractivity contribution in [2.45, 2.75) is 45.1 Å². The van der Waals surface area contributed by atoms with Crippen molar-refractivity contribution < 1.29 is 4.39 Å². The molecule has 0 amide bonds. The number of hydrogen-bond donors (Lipinski definition) is 1. The summed E-state index contributed by atoms with van der Waals surface area (Å²) >= 11 is 9.45. The van der Waals surface area contributed by atoms with Crippen LogP contribution in [0.5, 0.6) is 0 Å². The van der Waals surface area contributed by atoms with Gasteiger partial charge in [-0.1, -0.05) is 30.9 Å². The Balaban J connectivity index is 2.08. The number of rotatable bonds is 3. The first-order valence-electron chi connectivity index (χ1n) is 6.49. The van der Waals surface area contributed by atoms with E-state index in [0.717, 1.165) is 5.69 Å². The summed E-state index contributed by atoms with van der Waals surface area (Å²) in [6, 6.07) is 3.16. The van der Waals surface area contributed by atoms with E-state index in [1.807, 2.05) is 0 Å². The minimum atomic E-state index is -0.317. The summed E-state index contributed by atoms with van der Waals surface area (Å²) in [4.78, 5) is 0. The van der Waals surface area contributed by atoms with Crippen molar-refractivity contribution in [2.75, 3.05) is 5.32 Å². The molecule has 1 aliphatic rings. The topological polar surface area (TPSA) is 12.0 Å². The van der Waals surface area contributed by atoms with Crippen LogP contribution in [0.25, 0.3) is 0 Å². The molecule has 0 spiro atoms. The molecule has 1 saturated carbocycles. The second-order valence-electron chi connectivity index (χ2n) is 5.08. The molecule has 100 valence electrons. The fraction of sp³-hybridized carbons (Fsp3) is 0.571. The molecule has 0 aromatic heterocycles. The zero-order valence-electron chi connectivity index (χ0n) is 10.5. The van der Waals surface area contributed by atoms with E-state index in [0.29, 0.717) is 21.5 Å². The maximum atomic E-state index is 13.2. The highest BCUT2D eigenvalue weighted by atomic mass is 79.9. The lowest BCUT2D eigenvalue weighted by Crippen LogP contribution is -2.28. The highest BCUT2D eigenvalue weighted by Crippen LogP contribution is 2.34. The standard InChI is InChI=1S/C14H18BrClFN/c1-9(10-5-3-2-4-6-10)18-14-12(15)7-11(17)8-13(14)16/h7-10,18H,2-6H2,1H3. The first-order valence-corrected chi connectivity index (χ1v) is 7.66. The maximum Gasteiger partial charge on any atom is 0.125 e. The second kappa shape index (κ2) is 6.25. The van der Waals surface area contributed by atoms with Gasteiger partial charge in [0.2, 0.25) is 0 Å². The monoisotopic (exact) mass is 333 g/mol. The molecule has 1 N–H and O–H groups in total. The average Bonchev–Trinajstić information content (AvgIpc) is 2.34. The van der Waals surface area contributed by atoms with Gasteiger partial charge >= 0.3 is 0 Å². The first-order chi connectivity index (χ1) is 8.58. The summed E-state index contributed by atoms with van der Waals surface area (Å²) in [7, 11) is 0. The number of benzene rings is 1. The number of anilines is 1. The lowest BCUT2D eigenvalue weighted by atomic mass is 9.84. The summed E-state index contributed by atoms with van der Waals surface area (Å²) in [5, 5.41) is 3.86. The summed E-state index contributed by atoms with van der Waals surface area (Å²) in [5.41, 5.74) is 0.802. The number of nitrogens with one attached hydrogen (secondary N) is 1. The molecular weight excluding hydrogens is 317 g/mol. The molecule has 0 heterocycles. The molecule has 1 aromatic rings. The summed E-state index contributed by atoms with van der Waals surface area (Å²) in [6.45, 7) is 2.18. The molecule has 1 nitrogen and oxygen atoms in total. The van der Waals surface area contributed by atoms with Gasteiger partial charge in [0.15, 0.2) is 0 Å². The molecule has 18 heavy (non-hydrogen) atoms. The van der Waals surface area contributed by atoms with Crippen LogP contribution in [-0.4, -0.2) is 6.04 Å². The summed E-state index contributed by atoms with van der Waals surface area (Å²) in [5.74, 6) is 0.370. The lowest BCUT2D eigenvalue weighted by Gasteiger charge is -2.29. The molecule has 4 heteroatoms. The van der Waals surface area contributed by atoms with Crippen LogP contribution in [0.2, 0.25) is 5.02 Å². The SMILES string of the molecule is CC(Nc1c(Cl)cc(F)cc1Br)C1CCCCC1. The molecule has 0 saturated heterocycles. The van der Waals surface area contributed by atoms with Crippen LogP contribution in [0.4, 0.5) is 10.1 Å². The van der Waals surface area contributed by atoms with Crippen LogP contribution in [0, 0.1) is 11.7 Å². The zero-order chi connectivity index (χ0) is 13.1. The predicted molar refractivity (Wildman–Crippen MR) is 78.8 cm³/mol. The molecule has 1 aliphatic carbocycles. The third-order valence-corrected chi connectivity index (χ3v) is 4.66. The third-order valence-electron chi connectivity index (χ3n) is 3.74. The van der Waals surface area contributed by atoms with Crippen LogP contribution in [0.15, 0.2) is 16.6 Å². The van der Waals surface area contributed by atoms with Gasteiger partial charge in [0, 0.05) is 10.5 Å². The van der Waals surface area contributed by atoms with Gasteiger partial charge in [-0.2, -0.15) is 0 Å². The van der Waals surface area contributed by atoms with E-state index in [9.17, 15) is 4.39 Å². The van der Waals surface area contributed by atoms with Crippen molar-refractivity contribution in [3.05, 3.63) is 27.4 Å². The van der Waals surface area contributed by atoms with E-state index in [-0.39, 0.29) is 5.82 Å². The van der Waals surface area contributed by atoms with E-state index in [2.05, 4.69) is 28.2 Å². The Hall–Kier alpha value is -0.280. The smallest absolute Gasteiger partial charge is 0.125 e. The van der Waals surface area contributed by atoms with Crippen LogP contribution in [0.3, 0.4) is 0 Å². The summed E-state index contributed by atoms with van der Waals surface area (Å²) < 4.78 is 13.8. The Morgan fingerprint density at radius 1 is 1.33 bits per heavy atom. The predicted octanol–water partition coefficient (Wildman–Crippen LogP) is 5.62.